The van der Waals surface area contributed by atoms with Crippen LogP contribution in [-0.2, 0) is 14.3 Å². The van der Waals surface area contributed by atoms with Gasteiger partial charge in [0.05, 0.1) is 10.6 Å². The van der Waals surface area contributed by atoms with E-state index >= 15 is 0 Å². The molecule has 3 rings (SSSR count). The van der Waals surface area contributed by atoms with Crippen LogP contribution in [0.2, 0.25) is 0 Å². The molecule has 0 radical (unpaired) electrons. The van der Waals surface area contributed by atoms with Gasteiger partial charge in [0.2, 0.25) is 0 Å². The van der Waals surface area contributed by atoms with E-state index < -0.39 is 30.1 Å². The van der Waals surface area contributed by atoms with Gasteiger partial charge >= 0.3 is 12.0 Å². The number of thiophene rings is 1. The number of nitrogens with zero attached hydrogens (tertiary/aromatic N) is 2. The molecule has 0 spiro atoms. The molecule has 0 bridgehead atoms. The highest BCUT2D eigenvalue weighted by atomic mass is 32.1. The fourth-order valence-electron chi connectivity index (χ4n) is 2.70. The van der Waals surface area contributed by atoms with E-state index in [1.165, 1.54) is 17.4 Å². The standard InChI is InChI=1S/C23H24N4O4S/c1-23(2,3)25-22(30)24-19(28)15-31-20(29)12-11-16-14-27(17-8-5-4-6-9-17)26-21(16)18-10-7-13-32-18/h4-14H,15H2,1-3H3,(H2,24,25,28,30). The summed E-state index contributed by atoms with van der Waals surface area (Å²) >= 11 is 1.54. The number of benzene rings is 1. The zero-order chi connectivity index (χ0) is 23.1. The van der Waals surface area contributed by atoms with Crippen LogP contribution in [-0.4, -0.2) is 39.8 Å². The van der Waals surface area contributed by atoms with Crippen molar-refractivity contribution in [2.24, 2.45) is 0 Å². The predicted molar refractivity (Wildman–Crippen MR) is 123 cm³/mol. The summed E-state index contributed by atoms with van der Waals surface area (Å²) in [7, 11) is 0. The van der Waals surface area contributed by atoms with E-state index in [9.17, 15) is 14.4 Å². The lowest BCUT2D eigenvalue weighted by atomic mass is 10.1. The molecule has 32 heavy (non-hydrogen) atoms. The van der Waals surface area contributed by atoms with Gasteiger partial charge in [-0.05, 0) is 50.4 Å². The molecular weight excluding hydrogens is 428 g/mol. The molecule has 2 heterocycles. The average Bonchev–Trinajstić information content (AvgIpc) is 3.39. The van der Waals surface area contributed by atoms with Gasteiger partial charge in [-0.15, -0.1) is 11.3 Å². The number of ether oxygens (including phenoxy) is 1. The number of aromatic nitrogens is 2. The first kappa shape index (κ1) is 23.0. The molecule has 0 saturated heterocycles. The highest BCUT2D eigenvalue weighted by Gasteiger charge is 2.16. The topological polar surface area (TPSA) is 102 Å². The molecule has 2 aromatic heterocycles. The Kier molecular flexibility index (Phi) is 7.21. The molecule has 0 aliphatic rings. The predicted octanol–water partition coefficient (Wildman–Crippen LogP) is 3.78. The van der Waals surface area contributed by atoms with Crippen LogP contribution < -0.4 is 10.6 Å². The van der Waals surface area contributed by atoms with E-state index in [-0.39, 0.29) is 0 Å². The van der Waals surface area contributed by atoms with Gasteiger partial charge in [-0.2, -0.15) is 5.10 Å². The van der Waals surface area contributed by atoms with Crippen LogP contribution in [0.5, 0.6) is 0 Å². The molecule has 2 N–H and O–H groups in total. The largest absolute Gasteiger partial charge is 0.452 e. The molecule has 0 unspecified atom stereocenters. The number of carbonyl (C=O) groups excluding carboxylic acids is 3. The summed E-state index contributed by atoms with van der Waals surface area (Å²) in [5.41, 5.74) is 1.85. The van der Waals surface area contributed by atoms with Crippen molar-refractivity contribution in [3.05, 3.63) is 65.7 Å². The number of hydrogen-bond donors (Lipinski definition) is 2. The minimum Gasteiger partial charge on any atom is -0.452 e. The van der Waals surface area contributed by atoms with Crippen LogP contribution in [0, 0.1) is 0 Å². The summed E-state index contributed by atoms with van der Waals surface area (Å²) in [5.74, 6) is -1.43. The van der Waals surface area contributed by atoms with Crippen molar-refractivity contribution in [3.63, 3.8) is 0 Å². The van der Waals surface area contributed by atoms with Crippen molar-refractivity contribution < 1.29 is 19.1 Å². The van der Waals surface area contributed by atoms with Crippen LogP contribution in [0.25, 0.3) is 22.3 Å². The molecule has 0 saturated carbocycles. The van der Waals surface area contributed by atoms with Gasteiger partial charge in [-0.1, -0.05) is 24.3 Å². The lowest BCUT2D eigenvalue weighted by Gasteiger charge is -2.20. The number of rotatable bonds is 6. The Morgan fingerprint density at radius 2 is 1.88 bits per heavy atom. The second kappa shape index (κ2) is 10.1. The fourth-order valence-corrected chi connectivity index (χ4v) is 3.44. The highest BCUT2D eigenvalue weighted by molar-refractivity contribution is 7.13. The van der Waals surface area contributed by atoms with E-state index in [1.807, 2.05) is 54.0 Å². The third-order valence-electron chi connectivity index (χ3n) is 4.00. The van der Waals surface area contributed by atoms with Crippen LogP contribution in [0.15, 0.2) is 60.1 Å². The van der Waals surface area contributed by atoms with E-state index in [2.05, 4.69) is 15.7 Å². The Morgan fingerprint density at radius 1 is 1.12 bits per heavy atom. The molecule has 3 amide bonds. The molecule has 1 aromatic carbocycles. The molecule has 8 nitrogen and oxygen atoms in total. The summed E-state index contributed by atoms with van der Waals surface area (Å²) in [6.07, 6.45) is 4.64. The van der Waals surface area contributed by atoms with Crippen molar-refractivity contribution in [1.29, 1.82) is 0 Å². The Balaban J connectivity index is 1.65. The van der Waals surface area contributed by atoms with Crippen LogP contribution in [0.3, 0.4) is 0 Å². The first-order chi connectivity index (χ1) is 15.2. The lowest BCUT2D eigenvalue weighted by Crippen LogP contribution is -2.49. The Morgan fingerprint density at radius 3 is 2.53 bits per heavy atom. The molecule has 166 valence electrons. The maximum atomic E-state index is 12.1. The summed E-state index contributed by atoms with van der Waals surface area (Å²) in [4.78, 5) is 36.5. The summed E-state index contributed by atoms with van der Waals surface area (Å²) in [6.45, 7) is 4.78. The minimum atomic E-state index is -0.718. The Labute approximate surface area is 189 Å². The molecule has 0 atom stereocenters. The molecule has 0 fully saturated rings. The number of hydrogen-bond acceptors (Lipinski definition) is 6. The van der Waals surface area contributed by atoms with E-state index in [1.54, 1.807) is 31.5 Å². The van der Waals surface area contributed by atoms with E-state index in [4.69, 9.17) is 4.74 Å². The van der Waals surface area contributed by atoms with Crippen molar-refractivity contribution in [2.45, 2.75) is 26.3 Å². The van der Waals surface area contributed by atoms with Crippen molar-refractivity contribution in [1.82, 2.24) is 20.4 Å². The van der Waals surface area contributed by atoms with Crippen molar-refractivity contribution >= 4 is 35.3 Å². The average molecular weight is 453 g/mol. The fraction of sp³-hybridized carbons (Fsp3) is 0.217. The monoisotopic (exact) mass is 452 g/mol. The SMILES string of the molecule is CC(C)(C)NC(=O)NC(=O)COC(=O)C=Cc1cn(-c2ccccc2)nc1-c1cccs1. The maximum absolute atomic E-state index is 12.1. The third kappa shape index (κ3) is 6.64. The maximum Gasteiger partial charge on any atom is 0.331 e. The number of urea groups is 1. The molecule has 0 aliphatic heterocycles. The zero-order valence-corrected chi connectivity index (χ0v) is 18.8. The number of nitrogens with one attached hydrogen (secondary N) is 2. The number of esters is 1. The Hall–Kier alpha value is -3.72. The number of imide groups is 1. The first-order valence-corrected chi connectivity index (χ1v) is 10.7. The summed E-state index contributed by atoms with van der Waals surface area (Å²) in [6, 6.07) is 12.9. The minimum absolute atomic E-state index is 0.492. The van der Waals surface area contributed by atoms with Crippen LogP contribution in [0.4, 0.5) is 4.79 Å². The molecule has 9 heteroatoms. The molecule has 3 aromatic rings. The van der Waals surface area contributed by atoms with Gasteiger partial charge in [-0.3, -0.25) is 10.1 Å². The highest BCUT2D eigenvalue weighted by Crippen LogP contribution is 2.28. The number of para-hydroxylation sites is 1. The lowest BCUT2D eigenvalue weighted by molar-refractivity contribution is -0.143. The van der Waals surface area contributed by atoms with Gasteiger partial charge in [-0.25, -0.2) is 14.3 Å². The second-order valence-electron chi connectivity index (χ2n) is 7.88. The van der Waals surface area contributed by atoms with Gasteiger partial charge < -0.3 is 10.1 Å². The van der Waals surface area contributed by atoms with Crippen LogP contribution in [0.1, 0.15) is 26.3 Å². The molecule has 0 aliphatic carbocycles. The normalized spacial score (nSPS) is 11.3. The first-order valence-electron chi connectivity index (χ1n) is 9.87. The Bertz CT molecular complexity index is 1110. The second-order valence-corrected chi connectivity index (χ2v) is 8.83. The smallest absolute Gasteiger partial charge is 0.331 e. The van der Waals surface area contributed by atoms with Crippen LogP contribution >= 0.6 is 11.3 Å². The summed E-state index contributed by atoms with van der Waals surface area (Å²) in [5, 5.41) is 11.3. The van der Waals surface area contributed by atoms with E-state index in [0.29, 0.717) is 0 Å². The quantitative estimate of drug-likeness (QED) is 0.438. The zero-order valence-electron chi connectivity index (χ0n) is 18.0. The van der Waals surface area contributed by atoms with E-state index in [0.717, 1.165) is 21.8 Å². The molecular formula is C23H24N4O4S. The number of carbonyl (C=O) groups is 3. The van der Waals surface area contributed by atoms with Gasteiger partial charge in [0.15, 0.2) is 6.61 Å². The third-order valence-corrected chi connectivity index (χ3v) is 4.88. The van der Waals surface area contributed by atoms with Gasteiger partial charge in [0, 0.05) is 23.4 Å². The number of amides is 3. The van der Waals surface area contributed by atoms with Gasteiger partial charge in [0.1, 0.15) is 5.69 Å². The van der Waals surface area contributed by atoms with Crippen molar-refractivity contribution in [3.8, 4) is 16.3 Å². The summed E-state index contributed by atoms with van der Waals surface area (Å²) < 4.78 is 6.67. The van der Waals surface area contributed by atoms with Crippen molar-refractivity contribution in [2.75, 3.05) is 6.61 Å². The van der Waals surface area contributed by atoms with Gasteiger partial charge in [0.25, 0.3) is 5.91 Å².